The third-order valence-electron chi connectivity index (χ3n) is 6.40. The van der Waals surface area contributed by atoms with Gasteiger partial charge < -0.3 is 4.52 Å². The van der Waals surface area contributed by atoms with E-state index in [4.69, 9.17) is 21.1 Å². The molecule has 2 saturated heterocycles. The van der Waals surface area contributed by atoms with Gasteiger partial charge in [0.1, 0.15) is 0 Å². The van der Waals surface area contributed by atoms with Crippen LogP contribution in [0.1, 0.15) is 42.6 Å². The third-order valence-corrected chi connectivity index (χ3v) is 7.18. The Morgan fingerprint density at radius 3 is 2.57 bits per heavy atom. The summed E-state index contributed by atoms with van der Waals surface area (Å²) >= 11 is 9.60. The van der Waals surface area contributed by atoms with Gasteiger partial charge in [-0.3, -0.25) is 4.90 Å². The van der Waals surface area contributed by atoms with E-state index in [1.807, 2.05) is 36.4 Å². The molecule has 3 heterocycles. The van der Waals surface area contributed by atoms with Crippen LogP contribution in [0, 0.1) is 0 Å². The number of piperidine rings is 1. The van der Waals surface area contributed by atoms with Crippen LogP contribution in [0.2, 0.25) is 5.02 Å². The van der Waals surface area contributed by atoms with E-state index in [1.54, 1.807) is 0 Å². The van der Waals surface area contributed by atoms with E-state index < -0.39 is 0 Å². The summed E-state index contributed by atoms with van der Waals surface area (Å²) in [4.78, 5) is 7.35. The number of rotatable bonds is 3. The number of halogens is 2. The second-order valence-electron chi connectivity index (χ2n) is 7.85. The van der Waals surface area contributed by atoms with Crippen LogP contribution in [0.15, 0.2) is 57.5 Å². The molecule has 28 heavy (non-hydrogen) atoms. The van der Waals surface area contributed by atoms with E-state index in [2.05, 4.69) is 45.2 Å². The molecule has 0 spiro atoms. The second-order valence-corrected chi connectivity index (χ2v) is 9.20. The van der Waals surface area contributed by atoms with Crippen molar-refractivity contribution in [2.45, 2.75) is 43.2 Å². The van der Waals surface area contributed by atoms with Crippen molar-refractivity contribution in [1.29, 1.82) is 0 Å². The second kappa shape index (κ2) is 7.29. The molecule has 4 atom stereocenters. The van der Waals surface area contributed by atoms with E-state index in [0.29, 0.717) is 23.8 Å². The normalized spacial score (nSPS) is 27.2. The molecule has 1 aromatic heterocycles. The van der Waals surface area contributed by atoms with Gasteiger partial charge in [-0.05, 0) is 74.2 Å². The molecule has 2 fully saturated rings. The van der Waals surface area contributed by atoms with Crippen molar-refractivity contribution in [1.82, 2.24) is 15.0 Å². The highest BCUT2D eigenvalue weighted by atomic mass is 79.9. The van der Waals surface area contributed by atoms with Crippen molar-refractivity contribution >= 4 is 27.5 Å². The molecule has 3 aromatic rings. The average Bonchev–Trinajstić information content (AvgIpc) is 3.26. The summed E-state index contributed by atoms with van der Waals surface area (Å²) in [6, 6.07) is 17.3. The number of nitrogens with zero attached hydrogens (tertiary/aromatic N) is 3. The molecular formula is C22H21BrClN3O. The summed E-state index contributed by atoms with van der Waals surface area (Å²) in [5.74, 6) is 1.96. The van der Waals surface area contributed by atoms with Gasteiger partial charge in [-0.1, -0.05) is 44.8 Å². The number of hydrogen-bond donors (Lipinski definition) is 0. The Bertz CT molecular complexity index is 972. The standard InChI is InChI=1S/C22H21BrClN3O/c1-27-17-10-11-19(27)20(18(12-17)13-4-8-16(24)9-5-13)22-25-21(26-28-22)14-2-6-15(23)7-3-14/h2-9,17-20H,10-12H2,1H3/t17-,18-,19?,20?/m1/s1. The van der Waals surface area contributed by atoms with Crippen LogP contribution in [0.3, 0.4) is 0 Å². The van der Waals surface area contributed by atoms with Crippen LogP contribution < -0.4 is 0 Å². The topological polar surface area (TPSA) is 42.2 Å². The van der Waals surface area contributed by atoms with Crippen LogP contribution in [-0.4, -0.2) is 34.2 Å². The van der Waals surface area contributed by atoms with E-state index in [-0.39, 0.29) is 5.92 Å². The Hall–Kier alpha value is -1.69. The Morgan fingerprint density at radius 1 is 1.07 bits per heavy atom. The zero-order valence-electron chi connectivity index (χ0n) is 15.6. The molecule has 6 heteroatoms. The molecule has 2 aliphatic heterocycles. The lowest BCUT2D eigenvalue weighted by molar-refractivity contribution is 0.120. The number of aromatic nitrogens is 2. The van der Waals surface area contributed by atoms with E-state index in [1.165, 1.54) is 18.4 Å². The molecule has 2 aliphatic rings. The van der Waals surface area contributed by atoms with Gasteiger partial charge in [0.25, 0.3) is 0 Å². The van der Waals surface area contributed by atoms with Crippen molar-refractivity contribution in [3.05, 3.63) is 69.5 Å². The van der Waals surface area contributed by atoms with Crippen LogP contribution in [0.25, 0.3) is 11.4 Å². The maximum absolute atomic E-state index is 6.13. The molecular weight excluding hydrogens is 438 g/mol. The number of likely N-dealkylation sites (N-methyl/N-ethyl adjacent to an activating group) is 1. The SMILES string of the molecule is CN1C2CC[C@@H]1C[C@H](c1ccc(Cl)cc1)C2c1nc(-c2ccc(Br)cc2)no1. The van der Waals surface area contributed by atoms with Gasteiger partial charge in [0, 0.05) is 27.1 Å². The van der Waals surface area contributed by atoms with E-state index in [0.717, 1.165) is 27.4 Å². The minimum atomic E-state index is 0.196. The first-order valence-corrected chi connectivity index (χ1v) is 10.8. The van der Waals surface area contributed by atoms with Crippen LogP contribution in [0.5, 0.6) is 0 Å². The maximum Gasteiger partial charge on any atom is 0.232 e. The molecule has 0 radical (unpaired) electrons. The summed E-state index contributed by atoms with van der Waals surface area (Å²) in [5.41, 5.74) is 2.28. The first-order chi connectivity index (χ1) is 13.6. The maximum atomic E-state index is 6.13. The number of fused-ring (bicyclic) bond motifs is 2. The predicted molar refractivity (Wildman–Crippen MR) is 114 cm³/mol. The number of hydrogen-bond acceptors (Lipinski definition) is 4. The van der Waals surface area contributed by atoms with Crippen molar-refractivity contribution in [3.63, 3.8) is 0 Å². The Morgan fingerprint density at radius 2 is 1.82 bits per heavy atom. The summed E-state index contributed by atoms with van der Waals surface area (Å²) in [5, 5.41) is 5.07. The summed E-state index contributed by atoms with van der Waals surface area (Å²) in [7, 11) is 2.24. The summed E-state index contributed by atoms with van der Waals surface area (Å²) in [6.07, 6.45) is 3.51. The van der Waals surface area contributed by atoms with Crippen LogP contribution in [0.4, 0.5) is 0 Å². The van der Waals surface area contributed by atoms with Crippen LogP contribution >= 0.6 is 27.5 Å². The fraction of sp³-hybridized carbons (Fsp3) is 0.364. The van der Waals surface area contributed by atoms with Crippen molar-refractivity contribution in [2.24, 2.45) is 0 Å². The first kappa shape index (κ1) is 18.3. The predicted octanol–water partition coefficient (Wildman–Crippen LogP) is 5.89. The molecule has 2 unspecified atom stereocenters. The molecule has 144 valence electrons. The molecule has 0 N–H and O–H groups in total. The quantitative estimate of drug-likeness (QED) is 0.491. The highest BCUT2D eigenvalue weighted by Crippen LogP contribution is 2.50. The molecule has 2 bridgehead atoms. The van der Waals surface area contributed by atoms with Gasteiger partial charge in [0.05, 0.1) is 5.92 Å². The molecule has 2 aromatic carbocycles. The highest BCUT2D eigenvalue weighted by Gasteiger charge is 2.48. The summed E-state index contributed by atoms with van der Waals surface area (Å²) in [6.45, 7) is 0. The Labute approximate surface area is 178 Å². The molecule has 5 rings (SSSR count). The lowest BCUT2D eigenvalue weighted by Crippen LogP contribution is -2.44. The minimum Gasteiger partial charge on any atom is -0.339 e. The number of benzene rings is 2. The van der Waals surface area contributed by atoms with Gasteiger partial charge >= 0.3 is 0 Å². The van der Waals surface area contributed by atoms with Gasteiger partial charge in [-0.2, -0.15) is 4.98 Å². The van der Waals surface area contributed by atoms with E-state index >= 15 is 0 Å². The minimum absolute atomic E-state index is 0.196. The van der Waals surface area contributed by atoms with Gasteiger partial charge in [-0.15, -0.1) is 0 Å². The largest absolute Gasteiger partial charge is 0.339 e. The summed E-state index contributed by atoms with van der Waals surface area (Å²) < 4.78 is 6.87. The van der Waals surface area contributed by atoms with Gasteiger partial charge in [0.2, 0.25) is 11.7 Å². The zero-order valence-corrected chi connectivity index (χ0v) is 17.9. The zero-order chi connectivity index (χ0) is 19.3. The molecule has 0 amide bonds. The van der Waals surface area contributed by atoms with Crippen LogP contribution in [-0.2, 0) is 0 Å². The third kappa shape index (κ3) is 3.19. The average molecular weight is 459 g/mol. The van der Waals surface area contributed by atoms with Gasteiger partial charge in [0.15, 0.2) is 0 Å². The van der Waals surface area contributed by atoms with Crippen molar-refractivity contribution < 1.29 is 4.52 Å². The monoisotopic (exact) mass is 457 g/mol. The van der Waals surface area contributed by atoms with E-state index in [9.17, 15) is 0 Å². The highest BCUT2D eigenvalue weighted by molar-refractivity contribution is 9.10. The molecule has 0 saturated carbocycles. The fourth-order valence-corrected chi connectivity index (χ4v) is 5.33. The molecule has 4 nitrogen and oxygen atoms in total. The fourth-order valence-electron chi connectivity index (χ4n) is 4.94. The molecule has 0 aliphatic carbocycles. The Balaban J connectivity index is 1.53. The smallest absolute Gasteiger partial charge is 0.232 e. The lowest BCUT2D eigenvalue weighted by Gasteiger charge is -2.41. The first-order valence-electron chi connectivity index (χ1n) is 9.67. The lowest BCUT2D eigenvalue weighted by atomic mass is 9.76. The van der Waals surface area contributed by atoms with Crippen molar-refractivity contribution in [2.75, 3.05) is 7.05 Å². The van der Waals surface area contributed by atoms with Gasteiger partial charge in [-0.25, -0.2) is 0 Å². The van der Waals surface area contributed by atoms with Crippen molar-refractivity contribution in [3.8, 4) is 11.4 Å². The Kier molecular flexibility index (Phi) is 4.77.